The summed E-state index contributed by atoms with van der Waals surface area (Å²) < 4.78 is 13.3. The number of unbranched alkanes of at least 4 members (excludes halogenated alkanes) is 1. The molecule has 4 heterocycles. The number of pyridine rings is 1. The van der Waals surface area contributed by atoms with Crippen LogP contribution in [0, 0.1) is 13.8 Å². The maximum Gasteiger partial charge on any atom is 0.295 e. The highest BCUT2D eigenvalue weighted by Gasteiger charge is 2.46. The SMILES string of the molecule is CCCCOc1cccc(C2/C(=C(\O)c3nc4c(C)cccn4c3C)C(=O)C(=O)N2CCN2CCOCC2)c1. The van der Waals surface area contributed by atoms with Crippen molar-refractivity contribution in [3.05, 3.63) is 70.7 Å². The first-order valence-corrected chi connectivity index (χ1v) is 13.7. The lowest BCUT2D eigenvalue weighted by Gasteiger charge is -2.31. The fourth-order valence-electron chi connectivity index (χ4n) is 5.31. The lowest BCUT2D eigenvalue weighted by molar-refractivity contribution is -0.140. The molecule has 1 N–H and O–H groups in total. The molecule has 2 aliphatic heterocycles. The number of likely N-dealkylation sites (tertiary alicyclic amines) is 1. The second kappa shape index (κ2) is 11.6. The van der Waals surface area contributed by atoms with Crippen molar-refractivity contribution < 1.29 is 24.2 Å². The summed E-state index contributed by atoms with van der Waals surface area (Å²) in [6.07, 6.45) is 3.81. The molecule has 2 aromatic heterocycles. The lowest BCUT2D eigenvalue weighted by atomic mass is 9.96. The summed E-state index contributed by atoms with van der Waals surface area (Å²) in [6.45, 7) is 10.3. The number of aliphatic hydroxyl groups is 1. The van der Waals surface area contributed by atoms with Crippen LogP contribution < -0.4 is 4.74 Å². The molecule has 2 fully saturated rings. The van der Waals surface area contributed by atoms with E-state index in [-0.39, 0.29) is 11.3 Å². The third kappa shape index (κ3) is 5.29. The second-order valence-corrected chi connectivity index (χ2v) is 10.2. The van der Waals surface area contributed by atoms with Gasteiger partial charge in [-0.05, 0) is 49.6 Å². The third-order valence-corrected chi connectivity index (χ3v) is 7.55. The predicted octanol–water partition coefficient (Wildman–Crippen LogP) is 3.88. The zero-order valence-corrected chi connectivity index (χ0v) is 22.9. The lowest BCUT2D eigenvalue weighted by Crippen LogP contribution is -2.42. The van der Waals surface area contributed by atoms with Gasteiger partial charge in [0.2, 0.25) is 0 Å². The van der Waals surface area contributed by atoms with Gasteiger partial charge in [-0.15, -0.1) is 0 Å². The molecule has 39 heavy (non-hydrogen) atoms. The van der Waals surface area contributed by atoms with Crippen LogP contribution in [0.4, 0.5) is 0 Å². The predicted molar refractivity (Wildman–Crippen MR) is 148 cm³/mol. The normalized spacial score (nSPS) is 19.8. The number of Topliss-reactive ketones (excluding diaryl/α,β-unsaturated/α-hetero) is 1. The van der Waals surface area contributed by atoms with Crippen molar-refractivity contribution in [2.75, 3.05) is 46.0 Å². The Morgan fingerprint density at radius 3 is 2.67 bits per heavy atom. The number of fused-ring (bicyclic) bond motifs is 1. The van der Waals surface area contributed by atoms with E-state index in [9.17, 15) is 14.7 Å². The molecule has 1 aromatic carbocycles. The van der Waals surface area contributed by atoms with Crippen LogP contribution in [0.5, 0.6) is 5.75 Å². The van der Waals surface area contributed by atoms with Gasteiger partial charge >= 0.3 is 0 Å². The molecule has 0 bridgehead atoms. The van der Waals surface area contributed by atoms with E-state index in [0.717, 1.165) is 31.5 Å². The molecule has 1 unspecified atom stereocenters. The number of amides is 1. The number of hydrogen-bond donors (Lipinski definition) is 1. The fraction of sp³-hybridized carbons (Fsp3) is 0.433. The van der Waals surface area contributed by atoms with Crippen molar-refractivity contribution in [1.29, 1.82) is 0 Å². The minimum atomic E-state index is -0.758. The highest BCUT2D eigenvalue weighted by molar-refractivity contribution is 6.46. The maximum absolute atomic E-state index is 13.5. The van der Waals surface area contributed by atoms with Gasteiger partial charge in [0.1, 0.15) is 17.1 Å². The number of nitrogens with zero attached hydrogens (tertiary/aromatic N) is 4. The smallest absolute Gasteiger partial charge is 0.295 e. The van der Waals surface area contributed by atoms with Gasteiger partial charge in [0.15, 0.2) is 5.76 Å². The zero-order valence-electron chi connectivity index (χ0n) is 22.9. The number of benzene rings is 1. The highest BCUT2D eigenvalue weighted by Crippen LogP contribution is 2.40. The van der Waals surface area contributed by atoms with E-state index < -0.39 is 17.7 Å². The Morgan fingerprint density at radius 1 is 1.13 bits per heavy atom. The molecule has 0 aliphatic carbocycles. The number of carbonyl (C=O) groups is 2. The molecule has 3 aromatic rings. The molecule has 5 rings (SSSR count). The number of hydrogen-bond acceptors (Lipinski definition) is 7. The van der Waals surface area contributed by atoms with Gasteiger partial charge in [0.25, 0.3) is 11.7 Å². The quantitative estimate of drug-likeness (QED) is 0.193. The van der Waals surface area contributed by atoms with Crippen molar-refractivity contribution in [3.63, 3.8) is 0 Å². The average molecular weight is 533 g/mol. The molecule has 1 amide bonds. The minimum Gasteiger partial charge on any atom is -0.505 e. The van der Waals surface area contributed by atoms with E-state index in [0.29, 0.717) is 61.3 Å². The van der Waals surface area contributed by atoms with E-state index in [2.05, 4.69) is 16.8 Å². The van der Waals surface area contributed by atoms with Crippen LogP contribution >= 0.6 is 0 Å². The molecule has 0 radical (unpaired) electrons. The Bertz CT molecular complexity index is 1410. The van der Waals surface area contributed by atoms with E-state index in [1.54, 1.807) is 4.90 Å². The maximum atomic E-state index is 13.5. The summed E-state index contributed by atoms with van der Waals surface area (Å²) in [6, 6.07) is 10.6. The van der Waals surface area contributed by atoms with E-state index in [4.69, 9.17) is 9.47 Å². The van der Waals surface area contributed by atoms with Gasteiger partial charge < -0.3 is 23.9 Å². The fourth-order valence-corrected chi connectivity index (χ4v) is 5.31. The first-order chi connectivity index (χ1) is 18.9. The molecule has 2 aliphatic rings. The summed E-state index contributed by atoms with van der Waals surface area (Å²) in [7, 11) is 0. The first-order valence-electron chi connectivity index (χ1n) is 13.7. The Morgan fingerprint density at radius 2 is 1.92 bits per heavy atom. The van der Waals surface area contributed by atoms with Crippen molar-refractivity contribution in [2.24, 2.45) is 0 Å². The van der Waals surface area contributed by atoms with Crippen LogP contribution in [0.15, 0.2) is 48.2 Å². The largest absolute Gasteiger partial charge is 0.505 e. The zero-order chi connectivity index (χ0) is 27.5. The Balaban J connectivity index is 1.58. The highest BCUT2D eigenvalue weighted by atomic mass is 16.5. The van der Waals surface area contributed by atoms with Crippen LogP contribution in [-0.2, 0) is 14.3 Å². The molecular weight excluding hydrogens is 496 g/mol. The summed E-state index contributed by atoms with van der Waals surface area (Å²) >= 11 is 0. The summed E-state index contributed by atoms with van der Waals surface area (Å²) in [5.41, 5.74) is 3.40. The number of aromatic nitrogens is 2. The Kier molecular flexibility index (Phi) is 7.99. The molecule has 2 saturated heterocycles. The Labute approximate surface area is 228 Å². The molecule has 206 valence electrons. The van der Waals surface area contributed by atoms with Crippen molar-refractivity contribution in [3.8, 4) is 5.75 Å². The van der Waals surface area contributed by atoms with Gasteiger partial charge in [-0.2, -0.15) is 0 Å². The monoisotopic (exact) mass is 532 g/mol. The average Bonchev–Trinajstić information content (AvgIpc) is 3.42. The third-order valence-electron chi connectivity index (χ3n) is 7.55. The summed E-state index contributed by atoms with van der Waals surface area (Å²) in [5.74, 6) is -0.918. The first kappa shape index (κ1) is 26.9. The minimum absolute atomic E-state index is 0.0526. The number of aliphatic hydroxyl groups excluding tert-OH is 1. The molecule has 9 nitrogen and oxygen atoms in total. The van der Waals surface area contributed by atoms with Gasteiger partial charge in [0, 0.05) is 32.4 Å². The Hall–Kier alpha value is -3.69. The van der Waals surface area contributed by atoms with Crippen molar-refractivity contribution >= 4 is 23.1 Å². The van der Waals surface area contributed by atoms with E-state index in [1.807, 2.05) is 60.8 Å². The summed E-state index contributed by atoms with van der Waals surface area (Å²) in [5, 5.41) is 11.6. The number of ketones is 1. The van der Waals surface area contributed by atoms with Crippen LogP contribution in [0.25, 0.3) is 11.4 Å². The van der Waals surface area contributed by atoms with Gasteiger partial charge in [0.05, 0.1) is 37.1 Å². The van der Waals surface area contributed by atoms with Crippen molar-refractivity contribution in [1.82, 2.24) is 19.2 Å². The molecule has 0 spiro atoms. The molecule has 9 heteroatoms. The van der Waals surface area contributed by atoms with E-state index in [1.165, 1.54) is 0 Å². The van der Waals surface area contributed by atoms with Gasteiger partial charge in [-0.25, -0.2) is 4.98 Å². The van der Waals surface area contributed by atoms with Crippen LogP contribution in [0.2, 0.25) is 0 Å². The number of aryl methyl sites for hydroxylation is 2. The number of morpholine rings is 1. The number of rotatable bonds is 9. The van der Waals surface area contributed by atoms with Gasteiger partial charge in [-0.1, -0.05) is 31.5 Å². The van der Waals surface area contributed by atoms with Crippen LogP contribution in [-0.4, -0.2) is 82.0 Å². The topological polar surface area (TPSA) is 96.6 Å². The van der Waals surface area contributed by atoms with Crippen LogP contribution in [0.3, 0.4) is 0 Å². The standard InChI is InChI=1S/C30H36N4O5/c1-4-5-16-39-23-10-6-9-22(19-23)26-24(27(35)25-21(3)33-11-7-8-20(2)29(33)31-25)28(36)30(37)34(26)13-12-32-14-17-38-18-15-32/h6-11,19,26,35H,4-5,12-18H2,1-3H3/b27-24+. The molecular formula is C30H36N4O5. The van der Waals surface area contributed by atoms with Gasteiger partial charge in [-0.3, -0.25) is 14.5 Å². The number of ether oxygens (including phenoxy) is 2. The second-order valence-electron chi connectivity index (χ2n) is 10.2. The van der Waals surface area contributed by atoms with E-state index >= 15 is 0 Å². The number of imidazole rings is 1. The number of carbonyl (C=O) groups excluding carboxylic acids is 2. The molecule has 0 saturated carbocycles. The molecule has 1 atom stereocenters. The van der Waals surface area contributed by atoms with Crippen LogP contribution in [0.1, 0.15) is 48.3 Å². The summed E-state index contributed by atoms with van der Waals surface area (Å²) in [4.78, 5) is 35.5. The van der Waals surface area contributed by atoms with Crippen molar-refractivity contribution in [2.45, 2.75) is 39.7 Å².